The quantitative estimate of drug-likeness (QED) is 0.871. The van der Waals surface area contributed by atoms with Crippen LogP contribution in [0.5, 0.6) is 0 Å². The van der Waals surface area contributed by atoms with Crippen molar-refractivity contribution in [1.29, 1.82) is 0 Å². The molecule has 1 aliphatic rings. The van der Waals surface area contributed by atoms with E-state index in [2.05, 4.69) is 34.7 Å². The van der Waals surface area contributed by atoms with Gasteiger partial charge in [-0.1, -0.05) is 19.3 Å². The molecule has 0 bridgehead atoms. The predicted molar refractivity (Wildman–Crippen MR) is 66.6 cm³/mol. The molecule has 1 aromatic rings. The number of nitrogens with one attached hydrogen (secondary N) is 1. The standard InChI is InChI=1S/C12H23N5/c1-9(13-3)12-14-15-16-17(12)10(2)11-7-5-4-6-8-11/h9-11,13H,4-8H2,1-3H3. The van der Waals surface area contributed by atoms with E-state index in [1.165, 1.54) is 32.1 Å². The molecule has 0 aliphatic heterocycles. The van der Waals surface area contributed by atoms with Crippen LogP contribution in [-0.4, -0.2) is 27.3 Å². The molecular weight excluding hydrogens is 214 g/mol. The Balaban J connectivity index is 2.12. The van der Waals surface area contributed by atoms with Gasteiger partial charge in [-0.2, -0.15) is 0 Å². The molecule has 0 amide bonds. The lowest BCUT2D eigenvalue weighted by Gasteiger charge is -2.28. The molecule has 2 rings (SSSR count). The maximum absolute atomic E-state index is 4.18. The Morgan fingerprint density at radius 1 is 1.24 bits per heavy atom. The zero-order valence-corrected chi connectivity index (χ0v) is 11.1. The number of hydrogen-bond donors (Lipinski definition) is 1. The maximum atomic E-state index is 4.18. The minimum absolute atomic E-state index is 0.205. The van der Waals surface area contributed by atoms with Crippen LogP contribution in [0.15, 0.2) is 0 Å². The minimum Gasteiger partial charge on any atom is -0.311 e. The summed E-state index contributed by atoms with van der Waals surface area (Å²) in [6.45, 7) is 4.34. The van der Waals surface area contributed by atoms with E-state index in [1.54, 1.807) is 0 Å². The van der Waals surface area contributed by atoms with Gasteiger partial charge >= 0.3 is 0 Å². The summed E-state index contributed by atoms with van der Waals surface area (Å²) in [5.74, 6) is 1.68. The highest BCUT2D eigenvalue weighted by atomic mass is 15.6. The van der Waals surface area contributed by atoms with Crippen molar-refractivity contribution in [3.05, 3.63) is 5.82 Å². The Morgan fingerprint density at radius 3 is 2.59 bits per heavy atom. The van der Waals surface area contributed by atoms with Crippen LogP contribution in [0.25, 0.3) is 0 Å². The highest BCUT2D eigenvalue weighted by Gasteiger charge is 2.25. The highest BCUT2D eigenvalue weighted by Crippen LogP contribution is 2.32. The summed E-state index contributed by atoms with van der Waals surface area (Å²) in [4.78, 5) is 0. The van der Waals surface area contributed by atoms with Crippen molar-refractivity contribution in [2.24, 2.45) is 5.92 Å². The first-order chi connectivity index (χ1) is 8.24. The summed E-state index contributed by atoms with van der Waals surface area (Å²) in [6.07, 6.45) is 6.73. The van der Waals surface area contributed by atoms with E-state index in [9.17, 15) is 0 Å². The summed E-state index contributed by atoms with van der Waals surface area (Å²) in [5, 5.41) is 15.4. The molecule has 0 aromatic carbocycles. The Labute approximate surface area is 103 Å². The van der Waals surface area contributed by atoms with Gasteiger partial charge in [0.1, 0.15) is 0 Å². The lowest BCUT2D eigenvalue weighted by Crippen LogP contribution is -2.25. The van der Waals surface area contributed by atoms with Crippen LogP contribution in [-0.2, 0) is 0 Å². The van der Waals surface area contributed by atoms with Gasteiger partial charge in [-0.25, -0.2) is 4.68 Å². The SMILES string of the molecule is CNC(C)c1nnnn1C(C)C1CCCCC1. The number of nitrogens with zero attached hydrogens (tertiary/aromatic N) is 4. The molecule has 1 N–H and O–H groups in total. The van der Waals surface area contributed by atoms with Crippen molar-refractivity contribution >= 4 is 0 Å². The van der Waals surface area contributed by atoms with Gasteiger partial charge in [0.25, 0.3) is 0 Å². The molecule has 1 heterocycles. The average Bonchev–Trinajstić information content (AvgIpc) is 2.87. The first kappa shape index (κ1) is 12.5. The molecule has 1 aliphatic carbocycles. The van der Waals surface area contributed by atoms with Gasteiger partial charge in [0.15, 0.2) is 5.82 Å². The molecule has 17 heavy (non-hydrogen) atoms. The Morgan fingerprint density at radius 2 is 1.94 bits per heavy atom. The van der Waals surface area contributed by atoms with Gasteiger partial charge in [0.2, 0.25) is 0 Å². The third-order valence-electron chi connectivity index (χ3n) is 4.06. The molecule has 1 saturated carbocycles. The van der Waals surface area contributed by atoms with Crippen LogP contribution in [0, 0.1) is 5.92 Å². The fourth-order valence-corrected chi connectivity index (χ4v) is 2.72. The summed E-state index contributed by atoms with van der Waals surface area (Å²) < 4.78 is 2.01. The van der Waals surface area contributed by atoms with Crippen LogP contribution < -0.4 is 5.32 Å². The lowest BCUT2D eigenvalue weighted by atomic mass is 9.84. The second-order valence-corrected chi connectivity index (χ2v) is 5.13. The van der Waals surface area contributed by atoms with Crippen LogP contribution in [0.1, 0.15) is 63.9 Å². The minimum atomic E-state index is 0.205. The van der Waals surface area contributed by atoms with Crippen LogP contribution >= 0.6 is 0 Å². The molecule has 2 unspecified atom stereocenters. The fraction of sp³-hybridized carbons (Fsp3) is 0.917. The first-order valence-electron chi connectivity index (χ1n) is 6.69. The second-order valence-electron chi connectivity index (χ2n) is 5.13. The first-order valence-corrected chi connectivity index (χ1v) is 6.69. The maximum Gasteiger partial charge on any atom is 0.168 e. The fourth-order valence-electron chi connectivity index (χ4n) is 2.72. The number of rotatable bonds is 4. The van der Waals surface area contributed by atoms with Crippen LogP contribution in [0.4, 0.5) is 0 Å². The molecule has 2 atom stereocenters. The van der Waals surface area contributed by atoms with Crippen LogP contribution in [0.2, 0.25) is 0 Å². The van der Waals surface area contributed by atoms with Crippen molar-refractivity contribution in [3.8, 4) is 0 Å². The van der Waals surface area contributed by atoms with E-state index in [-0.39, 0.29) is 6.04 Å². The third-order valence-corrected chi connectivity index (χ3v) is 4.06. The van der Waals surface area contributed by atoms with Gasteiger partial charge in [-0.05, 0) is 50.1 Å². The average molecular weight is 237 g/mol. The van der Waals surface area contributed by atoms with E-state index < -0.39 is 0 Å². The summed E-state index contributed by atoms with van der Waals surface area (Å²) in [5.41, 5.74) is 0. The van der Waals surface area contributed by atoms with E-state index in [0.29, 0.717) is 6.04 Å². The number of tetrazole rings is 1. The molecule has 5 heteroatoms. The van der Waals surface area contributed by atoms with Crippen molar-refractivity contribution in [2.45, 2.75) is 58.0 Å². The largest absolute Gasteiger partial charge is 0.311 e. The predicted octanol–water partition coefficient (Wildman–Crippen LogP) is 2.09. The Bertz CT molecular complexity index is 342. The molecule has 1 aromatic heterocycles. The molecule has 96 valence electrons. The number of hydrogen-bond acceptors (Lipinski definition) is 4. The third kappa shape index (κ3) is 2.65. The van der Waals surface area contributed by atoms with Crippen molar-refractivity contribution in [2.75, 3.05) is 7.05 Å². The van der Waals surface area contributed by atoms with E-state index in [1.807, 2.05) is 11.7 Å². The van der Waals surface area contributed by atoms with Gasteiger partial charge in [-0.15, -0.1) is 5.10 Å². The van der Waals surface area contributed by atoms with Crippen molar-refractivity contribution in [1.82, 2.24) is 25.5 Å². The molecular formula is C12H23N5. The Kier molecular flexibility index (Phi) is 4.10. The number of aromatic nitrogens is 4. The molecule has 0 spiro atoms. The second kappa shape index (κ2) is 5.58. The van der Waals surface area contributed by atoms with Gasteiger partial charge in [0, 0.05) is 0 Å². The Hall–Kier alpha value is -0.970. The van der Waals surface area contributed by atoms with E-state index >= 15 is 0 Å². The summed E-state index contributed by atoms with van der Waals surface area (Å²) in [7, 11) is 1.94. The van der Waals surface area contributed by atoms with Gasteiger partial charge < -0.3 is 5.32 Å². The van der Waals surface area contributed by atoms with Crippen LogP contribution in [0.3, 0.4) is 0 Å². The zero-order chi connectivity index (χ0) is 12.3. The molecule has 1 fully saturated rings. The monoisotopic (exact) mass is 237 g/mol. The van der Waals surface area contributed by atoms with E-state index in [0.717, 1.165) is 11.7 Å². The normalized spacial score (nSPS) is 21.4. The molecule has 0 saturated heterocycles. The topological polar surface area (TPSA) is 55.6 Å². The summed E-state index contributed by atoms with van der Waals surface area (Å²) in [6, 6.07) is 0.618. The van der Waals surface area contributed by atoms with Crippen molar-refractivity contribution < 1.29 is 0 Å². The van der Waals surface area contributed by atoms with E-state index in [4.69, 9.17) is 0 Å². The molecule has 5 nitrogen and oxygen atoms in total. The molecule has 0 radical (unpaired) electrons. The zero-order valence-electron chi connectivity index (χ0n) is 11.1. The lowest BCUT2D eigenvalue weighted by molar-refractivity contribution is 0.240. The van der Waals surface area contributed by atoms with Gasteiger partial charge in [0.05, 0.1) is 12.1 Å². The van der Waals surface area contributed by atoms with Crippen molar-refractivity contribution in [3.63, 3.8) is 0 Å². The smallest absolute Gasteiger partial charge is 0.168 e. The highest BCUT2D eigenvalue weighted by molar-refractivity contribution is 4.92. The van der Waals surface area contributed by atoms with Gasteiger partial charge in [-0.3, -0.25) is 0 Å². The summed E-state index contributed by atoms with van der Waals surface area (Å²) >= 11 is 0.